The van der Waals surface area contributed by atoms with Gasteiger partial charge in [-0.25, -0.2) is 4.52 Å². The molecule has 1 aliphatic rings. The minimum Gasteiger partial charge on any atom is -0.481 e. The largest absolute Gasteiger partial charge is 0.481 e. The second kappa shape index (κ2) is 7.02. The molecule has 4 heterocycles. The van der Waals surface area contributed by atoms with Crippen LogP contribution in [0.4, 0.5) is 11.6 Å². The summed E-state index contributed by atoms with van der Waals surface area (Å²) in [5, 5.41) is 16.1. The van der Waals surface area contributed by atoms with Crippen molar-refractivity contribution in [1.29, 1.82) is 0 Å². The summed E-state index contributed by atoms with van der Waals surface area (Å²) in [5.74, 6) is -1.16. The monoisotopic (exact) mass is 366 g/mol. The molecule has 0 aliphatic carbocycles. The molecule has 0 atom stereocenters. The fraction of sp³-hybridized carbons (Fsp3) is 0.278. The number of carboxylic acid groups (broad SMARTS) is 1. The Morgan fingerprint density at radius 2 is 2.00 bits per heavy atom. The molecular weight excluding hydrogens is 348 g/mol. The van der Waals surface area contributed by atoms with Gasteiger partial charge in [0.2, 0.25) is 5.95 Å². The first-order chi connectivity index (χ1) is 13.1. The van der Waals surface area contributed by atoms with E-state index in [2.05, 4.69) is 25.3 Å². The number of carbonyl (C=O) groups excluding carboxylic acids is 1. The molecule has 0 bridgehead atoms. The van der Waals surface area contributed by atoms with Gasteiger partial charge >= 0.3 is 5.97 Å². The average molecular weight is 366 g/mol. The third-order valence-corrected chi connectivity index (χ3v) is 4.68. The van der Waals surface area contributed by atoms with Crippen molar-refractivity contribution in [1.82, 2.24) is 19.6 Å². The van der Waals surface area contributed by atoms with Gasteiger partial charge in [0.15, 0.2) is 5.65 Å². The van der Waals surface area contributed by atoms with Gasteiger partial charge in [0.1, 0.15) is 0 Å². The summed E-state index contributed by atoms with van der Waals surface area (Å²) < 4.78 is 1.61. The van der Waals surface area contributed by atoms with Gasteiger partial charge in [-0.05, 0) is 37.1 Å². The number of nitrogens with zero attached hydrogens (tertiary/aromatic N) is 5. The number of hydrogen-bond acceptors (Lipinski definition) is 6. The summed E-state index contributed by atoms with van der Waals surface area (Å²) >= 11 is 0. The van der Waals surface area contributed by atoms with Crippen LogP contribution in [0.3, 0.4) is 0 Å². The number of fused-ring (bicyclic) bond motifs is 1. The minimum atomic E-state index is -0.740. The van der Waals surface area contributed by atoms with Crippen LogP contribution in [0.15, 0.2) is 42.9 Å². The Morgan fingerprint density at radius 1 is 1.19 bits per heavy atom. The number of pyridine rings is 2. The highest BCUT2D eigenvalue weighted by atomic mass is 16.4. The lowest BCUT2D eigenvalue weighted by Gasteiger charge is -2.31. The number of anilines is 2. The molecule has 4 rings (SSSR count). The van der Waals surface area contributed by atoms with E-state index in [-0.39, 0.29) is 17.8 Å². The van der Waals surface area contributed by atoms with Crippen LogP contribution in [-0.2, 0) is 4.79 Å². The van der Waals surface area contributed by atoms with Crippen LogP contribution in [0.2, 0.25) is 0 Å². The number of hydrogen-bond donors (Lipinski definition) is 2. The maximum Gasteiger partial charge on any atom is 0.306 e. The molecular formula is C18H18N6O3. The van der Waals surface area contributed by atoms with Crippen LogP contribution in [0.25, 0.3) is 5.65 Å². The molecule has 0 spiro atoms. The molecule has 9 heteroatoms. The van der Waals surface area contributed by atoms with Crippen LogP contribution in [0.1, 0.15) is 23.2 Å². The fourth-order valence-electron chi connectivity index (χ4n) is 3.23. The predicted molar refractivity (Wildman–Crippen MR) is 97.8 cm³/mol. The van der Waals surface area contributed by atoms with Gasteiger partial charge in [0, 0.05) is 31.7 Å². The Hall–Kier alpha value is -3.49. The Morgan fingerprint density at radius 3 is 2.70 bits per heavy atom. The van der Waals surface area contributed by atoms with Crippen molar-refractivity contribution in [3.8, 4) is 0 Å². The van der Waals surface area contributed by atoms with Gasteiger partial charge in [0.05, 0.1) is 17.2 Å². The number of nitrogens with one attached hydrogen (secondary N) is 1. The molecule has 2 N–H and O–H groups in total. The average Bonchev–Trinajstić information content (AvgIpc) is 3.11. The highest BCUT2D eigenvalue weighted by Crippen LogP contribution is 2.27. The van der Waals surface area contributed by atoms with Crippen molar-refractivity contribution in [3.63, 3.8) is 0 Å². The number of amides is 1. The van der Waals surface area contributed by atoms with Crippen LogP contribution >= 0.6 is 0 Å². The van der Waals surface area contributed by atoms with Crippen molar-refractivity contribution < 1.29 is 14.7 Å². The minimum absolute atomic E-state index is 0.205. The topological polar surface area (TPSA) is 113 Å². The molecule has 27 heavy (non-hydrogen) atoms. The smallest absolute Gasteiger partial charge is 0.306 e. The molecule has 138 valence electrons. The maximum atomic E-state index is 12.3. The number of aromatic nitrogens is 4. The summed E-state index contributed by atoms with van der Waals surface area (Å²) in [6, 6.07) is 7.13. The molecule has 1 fully saturated rings. The van der Waals surface area contributed by atoms with Gasteiger partial charge < -0.3 is 10.0 Å². The second-order valence-electron chi connectivity index (χ2n) is 6.39. The van der Waals surface area contributed by atoms with Gasteiger partial charge in [0.25, 0.3) is 5.91 Å². The lowest BCUT2D eigenvalue weighted by Crippen LogP contribution is -2.36. The van der Waals surface area contributed by atoms with E-state index in [1.54, 1.807) is 29.0 Å². The first-order valence-electron chi connectivity index (χ1n) is 8.66. The standard InChI is InChI=1S/C18H18N6O3/c25-16(13-3-1-7-19-11-13)21-18-20-15-14(4-2-8-24(15)22-18)23-9-5-12(6-10-23)17(26)27/h1-4,7-8,11-12H,5-6,9-10H2,(H,26,27)(H,21,22,25). The molecule has 0 saturated carbocycles. The summed E-state index contributed by atoms with van der Waals surface area (Å²) in [4.78, 5) is 33.9. The molecule has 3 aromatic rings. The lowest BCUT2D eigenvalue weighted by molar-refractivity contribution is -0.142. The Balaban J connectivity index is 1.56. The van der Waals surface area contributed by atoms with E-state index in [1.807, 2.05) is 12.1 Å². The van der Waals surface area contributed by atoms with Crippen LogP contribution in [0, 0.1) is 5.92 Å². The third kappa shape index (κ3) is 3.43. The maximum absolute atomic E-state index is 12.3. The number of aliphatic carboxylic acids is 1. The summed E-state index contributed by atoms with van der Waals surface area (Å²) in [6.07, 6.45) is 6.02. The van der Waals surface area contributed by atoms with Gasteiger partial charge in [-0.2, -0.15) is 4.98 Å². The first-order valence-corrected chi connectivity index (χ1v) is 8.66. The van der Waals surface area contributed by atoms with Crippen LogP contribution in [-0.4, -0.2) is 49.7 Å². The Kier molecular flexibility index (Phi) is 4.41. The highest BCUT2D eigenvalue weighted by molar-refractivity contribution is 6.03. The zero-order valence-corrected chi connectivity index (χ0v) is 14.4. The van der Waals surface area contributed by atoms with Crippen LogP contribution in [0.5, 0.6) is 0 Å². The first kappa shape index (κ1) is 17.0. The fourth-order valence-corrected chi connectivity index (χ4v) is 3.23. The second-order valence-corrected chi connectivity index (χ2v) is 6.39. The SMILES string of the molecule is O=C(Nc1nc2c(N3CCC(C(=O)O)CC3)cccn2n1)c1cccnc1. The Bertz CT molecular complexity index is 979. The Labute approximate surface area is 154 Å². The predicted octanol–water partition coefficient (Wildman–Crippen LogP) is 1.68. The van der Waals surface area contributed by atoms with E-state index < -0.39 is 5.97 Å². The van der Waals surface area contributed by atoms with Gasteiger partial charge in [-0.1, -0.05) is 0 Å². The molecule has 3 aromatic heterocycles. The van der Waals surface area contributed by atoms with Crippen molar-refractivity contribution in [2.75, 3.05) is 23.3 Å². The zero-order valence-electron chi connectivity index (χ0n) is 14.4. The molecule has 1 saturated heterocycles. The lowest BCUT2D eigenvalue weighted by atomic mass is 9.97. The normalized spacial score (nSPS) is 15.0. The number of rotatable bonds is 4. The van der Waals surface area contributed by atoms with Crippen molar-refractivity contribution in [3.05, 3.63) is 48.4 Å². The van der Waals surface area contributed by atoms with Crippen molar-refractivity contribution >= 4 is 29.2 Å². The van der Waals surface area contributed by atoms with Gasteiger partial charge in [-0.15, -0.1) is 5.10 Å². The third-order valence-electron chi connectivity index (χ3n) is 4.68. The highest BCUT2D eigenvalue weighted by Gasteiger charge is 2.26. The van der Waals surface area contributed by atoms with Crippen molar-refractivity contribution in [2.45, 2.75) is 12.8 Å². The molecule has 0 unspecified atom stereocenters. The van der Waals surface area contributed by atoms with E-state index in [9.17, 15) is 9.59 Å². The quantitative estimate of drug-likeness (QED) is 0.722. The van der Waals surface area contributed by atoms with E-state index in [0.29, 0.717) is 37.1 Å². The van der Waals surface area contributed by atoms with Crippen molar-refractivity contribution in [2.24, 2.45) is 5.92 Å². The number of carboxylic acids is 1. The number of piperidine rings is 1. The van der Waals surface area contributed by atoms with E-state index >= 15 is 0 Å². The molecule has 0 aromatic carbocycles. The van der Waals surface area contributed by atoms with E-state index in [4.69, 9.17) is 5.11 Å². The van der Waals surface area contributed by atoms with Crippen LogP contribution < -0.4 is 10.2 Å². The summed E-state index contributed by atoms with van der Waals surface area (Å²) in [7, 11) is 0. The summed E-state index contributed by atoms with van der Waals surface area (Å²) in [6.45, 7) is 1.28. The molecule has 1 amide bonds. The summed E-state index contributed by atoms with van der Waals surface area (Å²) in [5.41, 5.74) is 1.91. The zero-order chi connectivity index (χ0) is 18.8. The van der Waals surface area contributed by atoms with E-state index in [0.717, 1.165) is 5.69 Å². The van der Waals surface area contributed by atoms with E-state index in [1.165, 1.54) is 6.20 Å². The molecule has 9 nitrogen and oxygen atoms in total. The van der Waals surface area contributed by atoms with Gasteiger partial charge in [-0.3, -0.25) is 19.9 Å². The molecule has 1 aliphatic heterocycles. The molecule has 0 radical (unpaired) electrons. The number of carbonyl (C=O) groups is 2.